The van der Waals surface area contributed by atoms with Gasteiger partial charge in [0.25, 0.3) is 0 Å². The SMILES string of the molecule is Cn1c(SCc2ccc(C(C)(C)C)cc2)nnc1-c1ccccc1Cl. The van der Waals surface area contributed by atoms with Crippen molar-refractivity contribution >= 4 is 23.4 Å². The van der Waals surface area contributed by atoms with Crippen LogP contribution in [0, 0.1) is 0 Å². The topological polar surface area (TPSA) is 30.7 Å². The van der Waals surface area contributed by atoms with Gasteiger partial charge in [-0.15, -0.1) is 10.2 Å². The van der Waals surface area contributed by atoms with E-state index in [1.54, 1.807) is 11.8 Å². The van der Waals surface area contributed by atoms with Crippen molar-refractivity contribution in [1.29, 1.82) is 0 Å². The Kier molecular flexibility index (Phi) is 5.21. The van der Waals surface area contributed by atoms with E-state index in [1.807, 2.05) is 35.9 Å². The van der Waals surface area contributed by atoms with E-state index >= 15 is 0 Å². The molecule has 0 aliphatic rings. The second kappa shape index (κ2) is 7.22. The fourth-order valence-corrected chi connectivity index (χ4v) is 3.65. The number of rotatable bonds is 4. The summed E-state index contributed by atoms with van der Waals surface area (Å²) in [4.78, 5) is 0. The zero-order valence-corrected chi connectivity index (χ0v) is 16.5. The Morgan fingerprint density at radius 2 is 1.68 bits per heavy atom. The largest absolute Gasteiger partial charge is 0.305 e. The average molecular weight is 372 g/mol. The highest BCUT2D eigenvalue weighted by molar-refractivity contribution is 7.98. The lowest BCUT2D eigenvalue weighted by molar-refractivity contribution is 0.590. The minimum absolute atomic E-state index is 0.180. The predicted octanol–water partition coefficient (Wildman–Crippen LogP) is 5.73. The van der Waals surface area contributed by atoms with E-state index in [-0.39, 0.29) is 5.41 Å². The van der Waals surface area contributed by atoms with Crippen molar-refractivity contribution < 1.29 is 0 Å². The Balaban J connectivity index is 1.74. The van der Waals surface area contributed by atoms with E-state index in [0.717, 1.165) is 22.3 Å². The normalized spacial score (nSPS) is 11.7. The van der Waals surface area contributed by atoms with Crippen LogP contribution in [0.3, 0.4) is 0 Å². The third-order valence-corrected chi connectivity index (χ3v) is 5.56. The van der Waals surface area contributed by atoms with Crippen LogP contribution in [0.2, 0.25) is 5.02 Å². The summed E-state index contributed by atoms with van der Waals surface area (Å²) in [5.74, 6) is 1.65. The van der Waals surface area contributed by atoms with Crippen molar-refractivity contribution in [3.63, 3.8) is 0 Å². The zero-order chi connectivity index (χ0) is 18.0. The maximum absolute atomic E-state index is 6.28. The van der Waals surface area contributed by atoms with Gasteiger partial charge in [-0.1, -0.05) is 80.5 Å². The lowest BCUT2D eigenvalue weighted by Crippen LogP contribution is -2.10. The van der Waals surface area contributed by atoms with E-state index in [9.17, 15) is 0 Å². The summed E-state index contributed by atoms with van der Waals surface area (Å²) in [5.41, 5.74) is 3.71. The Hall–Kier alpha value is -1.78. The first-order chi connectivity index (χ1) is 11.9. The molecule has 25 heavy (non-hydrogen) atoms. The maximum atomic E-state index is 6.28. The van der Waals surface area contributed by atoms with Crippen LogP contribution in [0.25, 0.3) is 11.4 Å². The summed E-state index contributed by atoms with van der Waals surface area (Å²) >= 11 is 7.96. The first-order valence-corrected chi connectivity index (χ1v) is 9.59. The van der Waals surface area contributed by atoms with Crippen LogP contribution in [0.5, 0.6) is 0 Å². The van der Waals surface area contributed by atoms with Gasteiger partial charge in [-0.3, -0.25) is 0 Å². The molecule has 0 N–H and O–H groups in total. The fraction of sp³-hybridized carbons (Fsp3) is 0.300. The number of halogens is 1. The molecular weight excluding hydrogens is 350 g/mol. The molecule has 0 spiro atoms. The van der Waals surface area contributed by atoms with E-state index < -0.39 is 0 Å². The first kappa shape index (κ1) is 18.0. The van der Waals surface area contributed by atoms with E-state index in [2.05, 4.69) is 55.2 Å². The number of hydrogen-bond donors (Lipinski definition) is 0. The summed E-state index contributed by atoms with van der Waals surface area (Å²) in [5, 5.41) is 10.2. The lowest BCUT2D eigenvalue weighted by atomic mass is 9.87. The average Bonchev–Trinajstić information content (AvgIpc) is 2.94. The molecule has 5 heteroatoms. The lowest BCUT2D eigenvalue weighted by Gasteiger charge is -2.19. The van der Waals surface area contributed by atoms with Gasteiger partial charge in [0.05, 0.1) is 5.02 Å². The number of hydrogen-bond acceptors (Lipinski definition) is 3. The highest BCUT2D eigenvalue weighted by Crippen LogP contribution is 2.30. The number of nitrogens with zero attached hydrogens (tertiary/aromatic N) is 3. The van der Waals surface area contributed by atoms with Gasteiger partial charge in [-0.05, 0) is 28.7 Å². The molecule has 0 saturated carbocycles. The molecule has 3 rings (SSSR count). The minimum Gasteiger partial charge on any atom is -0.305 e. The Morgan fingerprint density at radius 1 is 1.00 bits per heavy atom. The summed E-state index contributed by atoms with van der Waals surface area (Å²) < 4.78 is 2.00. The van der Waals surface area contributed by atoms with Crippen molar-refractivity contribution in [2.24, 2.45) is 7.05 Å². The molecular formula is C20H22ClN3S. The van der Waals surface area contributed by atoms with Crippen LogP contribution in [-0.4, -0.2) is 14.8 Å². The van der Waals surface area contributed by atoms with Gasteiger partial charge in [0.2, 0.25) is 0 Å². The van der Waals surface area contributed by atoms with Gasteiger partial charge < -0.3 is 4.57 Å². The van der Waals surface area contributed by atoms with Crippen LogP contribution in [0.1, 0.15) is 31.9 Å². The molecule has 3 aromatic rings. The minimum atomic E-state index is 0.180. The second-order valence-corrected chi connectivity index (χ2v) is 8.43. The molecule has 1 heterocycles. The molecule has 1 aromatic heterocycles. The van der Waals surface area contributed by atoms with Crippen molar-refractivity contribution in [2.75, 3.05) is 0 Å². The molecule has 130 valence electrons. The van der Waals surface area contributed by atoms with Gasteiger partial charge in [0, 0.05) is 18.4 Å². The molecule has 0 amide bonds. The summed E-state index contributed by atoms with van der Waals surface area (Å²) in [6.07, 6.45) is 0. The van der Waals surface area contributed by atoms with Gasteiger partial charge in [-0.25, -0.2) is 0 Å². The van der Waals surface area contributed by atoms with Gasteiger partial charge in [0.15, 0.2) is 11.0 Å². The van der Waals surface area contributed by atoms with Gasteiger partial charge in [-0.2, -0.15) is 0 Å². The van der Waals surface area contributed by atoms with Crippen LogP contribution in [0.15, 0.2) is 53.7 Å². The van der Waals surface area contributed by atoms with Crippen molar-refractivity contribution in [3.8, 4) is 11.4 Å². The maximum Gasteiger partial charge on any atom is 0.191 e. The molecule has 0 fully saturated rings. The highest BCUT2D eigenvalue weighted by Gasteiger charge is 2.15. The predicted molar refractivity (Wildman–Crippen MR) is 106 cm³/mol. The van der Waals surface area contributed by atoms with Crippen LogP contribution < -0.4 is 0 Å². The quantitative estimate of drug-likeness (QED) is 0.549. The Bertz CT molecular complexity index is 863. The van der Waals surface area contributed by atoms with Crippen LogP contribution >= 0.6 is 23.4 Å². The van der Waals surface area contributed by atoms with Gasteiger partial charge >= 0.3 is 0 Å². The summed E-state index contributed by atoms with van der Waals surface area (Å²) in [6, 6.07) is 16.5. The molecule has 0 atom stereocenters. The molecule has 2 aromatic carbocycles. The molecule has 0 saturated heterocycles. The fourth-order valence-electron chi connectivity index (χ4n) is 2.57. The summed E-state index contributed by atoms with van der Waals surface area (Å²) in [6.45, 7) is 6.69. The van der Waals surface area contributed by atoms with Crippen LogP contribution in [-0.2, 0) is 18.2 Å². The zero-order valence-electron chi connectivity index (χ0n) is 15.0. The van der Waals surface area contributed by atoms with E-state index in [0.29, 0.717) is 5.02 Å². The number of aromatic nitrogens is 3. The third kappa shape index (κ3) is 4.07. The van der Waals surface area contributed by atoms with Crippen molar-refractivity contribution in [2.45, 2.75) is 37.1 Å². The Labute approximate surface area is 158 Å². The molecule has 0 bridgehead atoms. The van der Waals surface area contributed by atoms with E-state index in [1.165, 1.54) is 11.1 Å². The summed E-state index contributed by atoms with van der Waals surface area (Å²) in [7, 11) is 1.98. The molecule has 3 nitrogen and oxygen atoms in total. The highest BCUT2D eigenvalue weighted by atomic mass is 35.5. The monoisotopic (exact) mass is 371 g/mol. The number of thioether (sulfide) groups is 1. The van der Waals surface area contributed by atoms with E-state index in [4.69, 9.17) is 11.6 Å². The Morgan fingerprint density at radius 3 is 2.32 bits per heavy atom. The first-order valence-electron chi connectivity index (χ1n) is 8.23. The molecule has 0 aliphatic heterocycles. The smallest absolute Gasteiger partial charge is 0.191 e. The molecule has 0 radical (unpaired) electrons. The third-order valence-electron chi connectivity index (χ3n) is 4.14. The standard InChI is InChI=1S/C20H22ClN3S/c1-20(2,3)15-11-9-14(10-12-15)13-25-19-23-22-18(24(19)4)16-7-5-6-8-17(16)21/h5-12H,13H2,1-4H3. The number of benzene rings is 2. The van der Waals surface area contributed by atoms with Crippen molar-refractivity contribution in [3.05, 3.63) is 64.7 Å². The second-order valence-electron chi connectivity index (χ2n) is 7.08. The van der Waals surface area contributed by atoms with Gasteiger partial charge in [0.1, 0.15) is 0 Å². The molecule has 0 unspecified atom stereocenters. The van der Waals surface area contributed by atoms with Crippen LogP contribution in [0.4, 0.5) is 0 Å². The van der Waals surface area contributed by atoms with Crippen molar-refractivity contribution in [1.82, 2.24) is 14.8 Å². The molecule has 0 aliphatic carbocycles.